The Bertz CT molecular complexity index is 732. The van der Waals surface area contributed by atoms with Gasteiger partial charge < -0.3 is 4.57 Å². The van der Waals surface area contributed by atoms with Crippen molar-refractivity contribution in [1.29, 1.82) is 0 Å². The molecule has 0 fully saturated rings. The number of aliphatic imine (C=N–C) groups is 1. The van der Waals surface area contributed by atoms with E-state index in [0.717, 1.165) is 22.0 Å². The molecule has 2 rings (SSSR count). The Labute approximate surface area is 137 Å². The molecule has 1 heterocycles. The third-order valence-corrected chi connectivity index (χ3v) is 3.84. The summed E-state index contributed by atoms with van der Waals surface area (Å²) in [5, 5.41) is 0.741. The minimum atomic E-state index is 0.741. The van der Waals surface area contributed by atoms with E-state index in [9.17, 15) is 0 Å². The number of hydrogen-bond acceptors (Lipinski definition) is 1. The van der Waals surface area contributed by atoms with Gasteiger partial charge >= 0.3 is 0 Å². The summed E-state index contributed by atoms with van der Waals surface area (Å²) < 4.78 is 2.24. The van der Waals surface area contributed by atoms with Crippen LogP contribution in [0.1, 0.15) is 30.8 Å². The van der Waals surface area contributed by atoms with E-state index in [-0.39, 0.29) is 0 Å². The normalized spacial score (nSPS) is 12.7. The predicted octanol–water partition coefficient (Wildman–Crippen LogP) is 5.58. The topological polar surface area (TPSA) is 17.3 Å². The quantitative estimate of drug-likeness (QED) is 0.656. The molecule has 1 aromatic carbocycles. The van der Waals surface area contributed by atoms with E-state index >= 15 is 0 Å². The Morgan fingerprint density at radius 3 is 2.41 bits per heavy atom. The van der Waals surface area contributed by atoms with Crippen molar-refractivity contribution in [3.8, 4) is 5.69 Å². The standard InChI is InChI=1S/C19H21ClN2/c1-5-7-16-12-19(15(6-2)13-21-4)22(14(16)3)18-10-8-17(20)9-11-18/h5-13H,1-4H3/b7-5-,15-6+,21-13?. The van der Waals surface area contributed by atoms with Crippen LogP contribution in [0.15, 0.2) is 47.5 Å². The summed E-state index contributed by atoms with van der Waals surface area (Å²) in [7, 11) is 1.79. The van der Waals surface area contributed by atoms with E-state index in [1.165, 1.54) is 11.3 Å². The van der Waals surface area contributed by atoms with Gasteiger partial charge in [-0.25, -0.2) is 0 Å². The van der Waals surface area contributed by atoms with Crippen LogP contribution in [-0.2, 0) is 0 Å². The minimum Gasteiger partial charge on any atom is -0.313 e. The molecule has 0 amide bonds. The van der Waals surface area contributed by atoms with Gasteiger partial charge in [0.05, 0.1) is 5.69 Å². The smallest absolute Gasteiger partial charge is 0.0549 e. The monoisotopic (exact) mass is 312 g/mol. The Balaban J connectivity index is 2.71. The Morgan fingerprint density at radius 1 is 1.18 bits per heavy atom. The van der Waals surface area contributed by atoms with Gasteiger partial charge in [0.15, 0.2) is 0 Å². The highest BCUT2D eigenvalue weighted by atomic mass is 35.5. The van der Waals surface area contributed by atoms with Crippen LogP contribution in [0, 0.1) is 6.92 Å². The summed E-state index contributed by atoms with van der Waals surface area (Å²) in [5.74, 6) is 0. The molecular formula is C19H21ClN2. The minimum absolute atomic E-state index is 0.741. The van der Waals surface area contributed by atoms with Crippen LogP contribution in [0.4, 0.5) is 0 Å². The average Bonchev–Trinajstić information content (AvgIpc) is 2.83. The van der Waals surface area contributed by atoms with Gasteiger partial charge in [0.25, 0.3) is 0 Å². The summed E-state index contributed by atoms with van der Waals surface area (Å²) in [6, 6.07) is 10.1. The van der Waals surface area contributed by atoms with Crippen molar-refractivity contribution in [3.05, 3.63) is 64.5 Å². The van der Waals surface area contributed by atoms with Crippen LogP contribution in [0.3, 0.4) is 0 Å². The molecule has 0 radical (unpaired) electrons. The van der Waals surface area contributed by atoms with Crippen molar-refractivity contribution < 1.29 is 0 Å². The van der Waals surface area contributed by atoms with Crippen LogP contribution < -0.4 is 0 Å². The summed E-state index contributed by atoms with van der Waals surface area (Å²) in [6.07, 6.45) is 8.15. The van der Waals surface area contributed by atoms with Crippen LogP contribution >= 0.6 is 11.6 Å². The molecule has 2 aromatic rings. The van der Waals surface area contributed by atoms with E-state index in [1.807, 2.05) is 44.3 Å². The van der Waals surface area contributed by atoms with Gasteiger partial charge in [-0.3, -0.25) is 4.99 Å². The number of benzene rings is 1. The first kappa shape index (κ1) is 16.3. The fourth-order valence-corrected chi connectivity index (χ4v) is 2.66. The average molecular weight is 313 g/mol. The van der Waals surface area contributed by atoms with Gasteiger partial charge in [0.1, 0.15) is 0 Å². The molecule has 1 aromatic heterocycles. The van der Waals surface area contributed by atoms with E-state index in [2.05, 4.69) is 40.8 Å². The van der Waals surface area contributed by atoms with Gasteiger partial charge in [-0.15, -0.1) is 0 Å². The van der Waals surface area contributed by atoms with Crippen LogP contribution in [0.25, 0.3) is 17.3 Å². The third kappa shape index (κ3) is 3.23. The van der Waals surface area contributed by atoms with Crippen molar-refractivity contribution in [2.45, 2.75) is 20.8 Å². The van der Waals surface area contributed by atoms with Gasteiger partial charge in [-0.05, 0) is 56.7 Å². The highest BCUT2D eigenvalue weighted by molar-refractivity contribution is 6.30. The van der Waals surface area contributed by atoms with Gasteiger partial charge in [0, 0.05) is 35.2 Å². The number of aromatic nitrogens is 1. The van der Waals surface area contributed by atoms with Crippen LogP contribution in [0.2, 0.25) is 5.02 Å². The molecule has 0 saturated heterocycles. The molecule has 0 saturated carbocycles. The first-order valence-corrected chi connectivity index (χ1v) is 7.70. The summed E-state index contributed by atoms with van der Waals surface area (Å²) in [6.45, 7) is 6.19. The maximum Gasteiger partial charge on any atom is 0.0549 e. The van der Waals surface area contributed by atoms with Crippen molar-refractivity contribution in [1.82, 2.24) is 4.57 Å². The maximum absolute atomic E-state index is 6.02. The predicted molar refractivity (Wildman–Crippen MR) is 98.3 cm³/mol. The Hall–Kier alpha value is -2.06. The lowest BCUT2D eigenvalue weighted by Crippen LogP contribution is -2.02. The number of nitrogens with zero attached hydrogens (tertiary/aromatic N) is 2. The zero-order valence-electron chi connectivity index (χ0n) is 13.5. The van der Waals surface area contributed by atoms with Crippen molar-refractivity contribution >= 4 is 29.5 Å². The van der Waals surface area contributed by atoms with E-state index in [4.69, 9.17) is 11.6 Å². The van der Waals surface area contributed by atoms with Gasteiger partial charge in [-0.1, -0.05) is 29.8 Å². The zero-order valence-corrected chi connectivity index (χ0v) is 14.2. The fraction of sp³-hybridized carbons (Fsp3) is 0.211. The summed E-state index contributed by atoms with van der Waals surface area (Å²) >= 11 is 6.02. The molecule has 0 spiro atoms. The number of hydrogen-bond donors (Lipinski definition) is 0. The van der Waals surface area contributed by atoms with Crippen LogP contribution in [-0.4, -0.2) is 17.8 Å². The first-order chi connectivity index (χ1) is 10.6. The second-order valence-electron chi connectivity index (χ2n) is 5.01. The van der Waals surface area contributed by atoms with Crippen molar-refractivity contribution in [2.75, 3.05) is 7.05 Å². The molecule has 0 N–H and O–H groups in total. The largest absolute Gasteiger partial charge is 0.313 e. The number of rotatable bonds is 4. The van der Waals surface area contributed by atoms with E-state index in [0.29, 0.717) is 0 Å². The van der Waals surface area contributed by atoms with Gasteiger partial charge in [0.2, 0.25) is 0 Å². The van der Waals surface area contributed by atoms with E-state index in [1.54, 1.807) is 7.05 Å². The molecular weight excluding hydrogens is 292 g/mol. The molecule has 2 nitrogen and oxygen atoms in total. The lowest BCUT2D eigenvalue weighted by atomic mass is 10.1. The lowest BCUT2D eigenvalue weighted by Gasteiger charge is -2.12. The van der Waals surface area contributed by atoms with Crippen molar-refractivity contribution in [2.24, 2.45) is 4.99 Å². The molecule has 3 heteroatoms. The lowest BCUT2D eigenvalue weighted by molar-refractivity contribution is 0.997. The second kappa shape index (κ2) is 7.28. The fourth-order valence-electron chi connectivity index (χ4n) is 2.54. The Kier molecular flexibility index (Phi) is 5.40. The molecule has 114 valence electrons. The molecule has 0 unspecified atom stereocenters. The SMILES string of the molecule is C/C=C\c1cc(/C(C=NC)=C/C)n(-c2ccc(Cl)cc2)c1C. The molecule has 0 aliphatic heterocycles. The van der Waals surface area contributed by atoms with Crippen molar-refractivity contribution in [3.63, 3.8) is 0 Å². The highest BCUT2D eigenvalue weighted by Gasteiger charge is 2.14. The molecule has 0 aliphatic rings. The zero-order chi connectivity index (χ0) is 16.1. The van der Waals surface area contributed by atoms with Gasteiger partial charge in [-0.2, -0.15) is 0 Å². The first-order valence-electron chi connectivity index (χ1n) is 7.32. The molecule has 0 aliphatic carbocycles. The van der Waals surface area contributed by atoms with E-state index < -0.39 is 0 Å². The summed E-state index contributed by atoms with van der Waals surface area (Å²) in [5.41, 5.74) is 5.71. The third-order valence-electron chi connectivity index (χ3n) is 3.59. The highest BCUT2D eigenvalue weighted by Crippen LogP contribution is 2.27. The molecule has 0 bridgehead atoms. The molecule has 0 atom stereocenters. The Morgan fingerprint density at radius 2 is 1.86 bits per heavy atom. The molecule has 22 heavy (non-hydrogen) atoms. The second-order valence-corrected chi connectivity index (χ2v) is 5.45. The number of allylic oxidation sites excluding steroid dienone is 3. The summed E-state index contributed by atoms with van der Waals surface area (Å²) in [4.78, 5) is 4.17. The number of halogens is 1. The van der Waals surface area contributed by atoms with Crippen LogP contribution in [0.5, 0.6) is 0 Å². The maximum atomic E-state index is 6.02.